The lowest BCUT2D eigenvalue weighted by molar-refractivity contribution is -0.344. The zero-order valence-electron chi connectivity index (χ0n) is 12.8. The average molecular weight is 403 g/mol. The maximum absolute atomic E-state index is 13.0. The number of hydrogen-bond acceptors (Lipinski definition) is 2. The number of halogens is 10. The van der Waals surface area contributed by atoms with Gasteiger partial charge in [-0.3, -0.25) is 9.48 Å². The van der Waals surface area contributed by atoms with Crippen LogP contribution in [0.4, 0.5) is 43.9 Å². The Hall–Kier alpha value is -2.02. The fourth-order valence-corrected chi connectivity index (χ4v) is 1.74. The number of aromatic nitrogens is 2. The summed E-state index contributed by atoms with van der Waals surface area (Å²) < 4.78 is 125. The molecule has 1 amide bonds. The third-order valence-electron chi connectivity index (χ3n) is 3.14. The minimum atomic E-state index is -6.64. The Kier molecular flexibility index (Phi) is 5.88. The number of aryl methyl sites for hydroxylation is 2. The first-order valence-electron chi connectivity index (χ1n) is 6.74. The van der Waals surface area contributed by atoms with Gasteiger partial charge in [-0.05, 0) is 19.4 Å². The third kappa shape index (κ3) is 4.38. The molecule has 1 N–H and O–H groups in total. The summed E-state index contributed by atoms with van der Waals surface area (Å²) in [6.45, 7) is 0.130. The number of rotatable bonds is 6. The molecular weight excluding hydrogens is 392 g/mol. The van der Waals surface area contributed by atoms with Crippen LogP contribution in [0.25, 0.3) is 0 Å². The number of carbonyl (C=O) groups is 1. The van der Waals surface area contributed by atoms with Crippen LogP contribution in [-0.4, -0.2) is 40.3 Å². The maximum Gasteiger partial charge on any atom is 0.460 e. The van der Waals surface area contributed by atoms with Crippen LogP contribution in [0.3, 0.4) is 0 Å². The van der Waals surface area contributed by atoms with E-state index < -0.39 is 42.3 Å². The van der Waals surface area contributed by atoms with Crippen LogP contribution in [0.1, 0.15) is 17.8 Å². The quantitative estimate of drug-likeness (QED) is 0.584. The molecule has 150 valence electrons. The van der Waals surface area contributed by atoms with Gasteiger partial charge in [0.25, 0.3) is 5.91 Å². The van der Waals surface area contributed by atoms with Gasteiger partial charge in [-0.15, -0.1) is 0 Å². The van der Waals surface area contributed by atoms with Crippen molar-refractivity contribution < 1.29 is 48.7 Å². The van der Waals surface area contributed by atoms with Crippen molar-refractivity contribution in [2.24, 2.45) is 0 Å². The molecule has 14 heteroatoms. The van der Waals surface area contributed by atoms with E-state index >= 15 is 0 Å². The van der Waals surface area contributed by atoms with Crippen molar-refractivity contribution in [1.29, 1.82) is 0 Å². The van der Waals surface area contributed by atoms with Gasteiger partial charge < -0.3 is 5.32 Å². The summed E-state index contributed by atoms with van der Waals surface area (Å²) in [5.41, 5.74) is -1.19. The van der Waals surface area contributed by atoms with Crippen molar-refractivity contribution >= 4 is 5.91 Å². The van der Waals surface area contributed by atoms with Crippen molar-refractivity contribution in [3.63, 3.8) is 0 Å². The molecule has 0 saturated heterocycles. The molecule has 1 heterocycles. The normalized spacial score (nSPS) is 13.8. The molecule has 0 atom stereocenters. The van der Waals surface area contributed by atoms with E-state index in [1.165, 1.54) is 12.2 Å². The molecule has 0 spiro atoms. The lowest BCUT2D eigenvalue weighted by atomic mass is 10.1. The predicted octanol–water partition coefficient (Wildman–Crippen LogP) is 3.55. The first-order chi connectivity index (χ1) is 11.5. The Morgan fingerprint density at radius 1 is 1.08 bits per heavy atom. The van der Waals surface area contributed by atoms with Crippen LogP contribution < -0.4 is 5.32 Å². The molecule has 26 heavy (non-hydrogen) atoms. The summed E-state index contributed by atoms with van der Waals surface area (Å²) in [5.74, 6) is -15.5. The fraction of sp³-hybridized carbons (Fsp3) is 0.667. The van der Waals surface area contributed by atoms with E-state index in [0.29, 0.717) is 6.07 Å². The number of nitrogens with zero attached hydrogens (tertiary/aromatic N) is 2. The molecule has 1 aromatic rings. The second kappa shape index (κ2) is 6.95. The molecule has 0 bridgehead atoms. The van der Waals surface area contributed by atoms with Crippen LogP contribution in [-0.2, 0) is 17.5 Å². The molecule has 0 unspecified atom stereocenters. The highest BCUT2D eigenvalue weighted by Gasteiger charge is 2.76. The van der Waals surface area contributed by atoms with E-state index in [4.69, 9.17) is 0 Å². The van der Waals surface area contributed by atoms with E-state index in [9.17, 15) is 48.7 Å². The van der Waals surface area contributed by atoms with Crippen molar-refractivity contribution in [2.45, 2.75) is 44.1 Å². The van der Waals surface area contributed by atoms with Gasteiger partial charge in [-0.2, -0.15) is 49.0 Å². The molecule has 0 aliphatic carbocycles. The molecular formula is C12H11F10N3O. The van der Waals surface area contributed by atoms with E-state index in [2.05, 4.69) is 5.10 Å². The lowest BCUT2D eigenvalue weighted by Crippen LogP contribution is -2.59. The summed E-state index contributed by atoms with van der Waals surface area (Å²) in [6, 6.07) is 0.691. The minimum Gasteiger partial charge on any atom is -0.351 e. The monoisotopic (exact) mass is 403 g/mol. The predicted molar refractivity (Wildman–Crippen MR) is 65.5 cm³/mol. The van der Waals surface area contributed by atoms with Crippen LogP contribution in [0.15, 0.2) is 6.07 Å². The molecule has 0 aromatic carbocycles. The summed E-state index contributed by atoms with van der Waals surface area (Å²) in [6.07, 6.45) is -11.7. The first kappa shape index (κ1) is 22.0. The molecule has 1 rings (SSSR count). The smallest absolute Gasteiger partial charge is 0.351 e. The number of hydrogen-bond donors (Lipinski definition) is 1. The Bertz CT molecular complexity index is 647. The topological polar surface area (TPSA) is 46.9 Å². The molecule has 0 aliphatic heterocycles. The Morgan fingerprint density at radius 2 is 1.62 bits per heavy atom. The van der Waals surface area contributed by atoms with Gasteiger partial charge in [0.1, 0.15) is 0 Å². The number of carbonyl (C=O) groups excluding carboxylic acids is 1. The molecule has 0 saturated carbocycles. The zero-order valence-corrected chi connectivity index (χ0v) is 12.8. The Labute approximate surface area is 139 Å². The number of amides is 1. The summed E-state index contributed by atoms with van der Waals surface area (Å²) in [5, 5.41) is 4.38. The standard InChI is InChI=1S/C12H11F10N3O/c1-6-5-7(10(15,16)17)24-25(6)4-2-3-23-8(26)9(13,14)11(18,19)12(20,21)22/h5H,2-4H2,1H3,(H,23,26). The SMILES string of the molecule is Cc1cc(C(F)(F)F)nn1CCCNC(=O)C(F)(F)C(F)(F)C(F)(F)F. The van der Waals surface area contributed by atoms with Crippen molar-refractivity contribution in [2.75, 3.05) is 6.54 Å². The maximum atomic E-state index is 13.0. The van der Waals surface area contributed by atoms with Gasteiger partial charge in [-0.1, -0.05) is 0 Å². The van der Waals surface area contributed by atoms with E-state index in [1.807, 2.05) is 0 Å². The second-order valence-electron chi connectivity index (χ2n) is 5.15. The zero-order chi connectivity index (χ0) is 20.6. The van der Waals surface area contributed by atoms with Gasteiger partial charge >= 0.3 is 24.2 Å². The minimum absolute atomic E-state index is 0.0394. The van der Waals surface area contributed by atoms with Crippen LogP contribution in [0.5, 0.6) is 0 Å². The van der Waals surface area contributed by atoms with E-state index in [1.54, 1.807) is 0 Å². The van der Waals surface area contributed by atoms with Crippen LogP contribution in [0, 0.1) is 6.92 Å². The van der Waals surface area contributed by atoms with Gasteiger partial charge in [0, 0.05) is 18.8 Å². The lowest BCUT2D eigenvalue weighted by Gasteiger charge is -2.27. The van der Waals surface area contributed by atoms with Gasteiger partial charge in [0.2, 0.25) is 0 Å². The van der Waals surface area contributed by atoms with Gasteiger partial charge in [-0.25, -0.2) is 0 Å². The van der Waals surface area contributed by atoms with Crippen molar-refractivity contribution in [1.82, 2.24) is 15.1 Å². The summed E-state index contributed by atoms with van der Waals surface area (Å²) >= 11 is 0. The highest BCUT2D eigenvalue weighted by molar-refractivity contribution is 5.84. The van der Waals surface area contributed by atoms with Crippen LogP contribution >= 0.6 is 0 Å². The van der Waals surface area contributed by atoms with Gasteiger partial charge in [0.05, 0.1) is 0 Å². The summed E-state index contributed by atoms with van der Waals surface area (Å²) in [7, 11) is 0. The van der Waals surface area contributed by atoms with Crippen LogP contribution in [0.2, 0.25) is 0 Å². The van der Waals surface area contributed by atoms with E-state index in [0.717, 1.165) is 4.68 Å². The second-order valence-corrected chi connectivity index (χ2v) is 5.15. The first-order valence-corrected chi connectivity index (χ1v) is 6.74. The van der Waals surface area contributed by atoms with Gasteiger partial charge in [0.15, 0.2) is 5.69 Å². The molecule has 0 aliphatic rings. The highest BCUT2D eigenvalue weighted by Crippen LogP contribution is 2.46. The molecule has 0 fully saturated rings. The summed E-state index contributed by atoms with van der Waals surface area (Å²) in [4.78, 5) is 11.0. The third-order valence-corrected chi connectivity index (χ3v) is 3.14. The fourth-order valence-electron chi connectivity index (χ4n) is 1.74. The Balaban J connectivity index is 2.64. The number of alkyl halides is 10. The average Bonchev–Trinajstić information content (AvgIpc) is 2.83. The molecule has 4 nitrogen and oxygen atoms in total. The Morgan fingerprint density at radius 3 is 2.04 bits per heavy atom. The number of nitrogens with one attached hydrogen (secondary N) is 1. The highest BCUT2D eigenvalue weighted by atomic mass is 19.4. The molecule has 1 aromatic heterocycles. The van der Waals surface area contributed by atoms with Crippen molar-refractivity contribution in [3.8, 4) is 0 Å². The largest absolute Gasteiger partial charge is 0.460 e. The van der Waals surface area contributed by atoms with E-state index in [-0.39, 0.29) is 18.7 Å². The van der Waals surface area contributed by atoms with Crippen molar-refractivity contribution in [3.05, 3.63) is 17.5 Å². The molecule has 0 radical (unpaired) electrons.